The van der Waals surface area contributed by atoms with Crippen molar-refractivity contribution in [2.24, 2.45) is 11.3 Å². The van der Waals surface area contributed by atoms with Gasteiger partial charge < -0.3 is 5.11 Å². The molecule has 3 aromatic carbocycles. The van der Waals surface area contributed by atoms with E-state index in [-0.39, 0.29) is 23.5 Å². The predicted octanol–water partition coefficient (Wildman–Crippen LogP) is 5.34. The van der Waals surface area contributed by atoms with Gasteiger partial charge in [0.05, 0.1) is 17.0 Å². The van der Waals surface area contributed by atoms with Crippen molar-refractivity contribution in [2.75, 3.05) is 4.90 Å². The summed E-state index contributed by atoms with van der Waals surface area (Å²) in [7, 11) is 0. The lowest BCUT2D eigenvalue weighted by Gasteiger charge is -2.40. The smallest absolute Gasteiger partial charge is 0.241 e. The van der Waals surface area contributed by atoms with E-state index < -0.39 is 11.3 Å². The van der Waals surface area contributed by atoms with E-state index in [1.54, 1.807) is 24.3 Å². The second-order valence-corrected chi connectivity index (χ2v) is 8.45. The summed E-state index contributed by atoms with van der Waals surface area (Å²) in [6.07, 6.45) is 4.32. The number of phenolic OH excluding ortho intramolecular Hbond substituents is 1. The van der Waals surface area contributed by atoms with Crippen molar-refractivity contribution in [3.63, 3.8) is 0 Å². The number of hydrogen-bond donors (Lipinski definition) is 1. The number of hydrogen-bond acceptors (Lipinski definition) is 3. The molecule has 0 spiro atoms. The van der Waals surface area contributed by atoms with E-state index in [0.29, 0.717) is 12.1 Å². The van der Waals surface area contributed by atoms with Crippen LogP contribution in [-0.4, -0.2) is 16.9 Å². The molecule has 31 heavy (non-hydrogen) atoms. The number of anilines is 1. The van der Waals surface area contributed by atoms with Crippen LogP contribution in [0.15, 0.2) is 91.0 Å². The van der Waals surface area contributed by atoms with Crippen LogP contribution in [0.1, 0.15) is 24.8 Å². The van der Waals surface area contributed by atoms with E-state index in [2.05, 4.69) is 6.58 Å². The summed E-state index contributed by atoms with van der Waals surface area (Å²) in [5.41, 5.74) is 1.50. The van der Waals surface area contributed by atoms with E-state index >= 15 is 0 Å². The number of allylic oxidation sites excluding steroid dienone is 3. The predicted molar refractivity (Wildman–Crippen MR) is 122 cm³/mol. The van der Waals surface area contributed by atoms with Crippen molar-refractivity contribution in [3.05, 3.63) is 96.6 Å². The zero-order valence-corrected chi connectivity index (χ0v) is 17.3. The molecular weight excluding hydrogens is 386 g/mol. The molecule has 1 saturated heterocycles. The molecule has 154 valence electrons. The first-order valence-electron chi connectivity index (χ1n) is 10.4. The molecule has 2 amide bonds. The maximum Gasteiger partial charge on any atom is 0.241 e. The number of amides is 2. The van der Waals surface area contributed by atoms with Gasteiger partial charge in [-0.05, 0) is 48.1 Å². The van der Waals surface area contributed by atoms with Gasteiger partial charge in [-0.15, -0.1) is 0 Å². The molecule has 5 rings (SSSR count). The van der Waals surface area contributed by atoms with Crippen molar-refractivity contribution < 1.29 is 14.7 Å². The number of carbonyl (C=O) groups is 2. The third-order valence-corrected chi connectivity index (χ3v) is 6.92. The first-order chi connectivity index (χ1) is 15.0. The molecule has 3 atom stereocenters. The highest BCUT2D eigenvalue weighted by atomic mass is 16.3. The summed E-state index contributed by atoms with van der Waals surface area (Å²) in [6, 6.07) is 20.3. The molecule has 1 aliphatic carbocycles. The van der Waals surface area contributed by atoms with Gasteiger partial charge in [0, 0.05) is 11.3 Å². The van der Waals surface area contributed by atoms with Crippen LogP contribution in [0.4, 0.5) is 5.69 Å². The zero-order valence-electron chi connectivity index (χ0n) is 17.3. The number of benzene rings is 3. The highest BCUT2D eigenvalue weighted by Crippen LogP contribution is 2.57. The molecule has 0 saturated carbocycles. The van der Waals surface area contributed by atoms with Crippen molar-refractivity contribution in [1.82, 2.24) is 0 Å². The molecule has 0 bridgehead atoms. The van der Waals surface area contributed by atoms with E-state index in [0.717, 1.165) is 21.9 Å². The Morgan fingerprint density at radius 1 is 1.00 bits per heavy atom. The van der Waals surface area contributed by atoms with Crippen molar-refractivity contribution in [1.29, 1.82) is 0 Å². The summed E-state index contributed by atoms with van der Waals surface area (Å²) in [6.45, 7) is 5.90. The molecule has 4 heteroatoms. The Bertz CT molecular complexity index is 1260. The second kappa shape index (κ2) is 6.95. The number of imide groups is 1. The standard InChI is InChI=1S/C27H23NO3/c1-3-17-13-15-22-25(30)28(18-9-5-4-6-10-18)26(31)27(22,2)24(17)21-14-16-23(29)20-12-8-7-11-19(20)21/h3-14,16,22,24,29H,1,15H2,2H3. The average molecular weight is 409 g/mol. The number of nitrogens with zero attached hydrogens (tertiary/aromatic N) is 1. The van der Waals surface area contributed by atoms with E-state index in [1.807, 2.05) is 61.5 Å². The number of para-hydroxylation sites is 1. The average Bonchev–Trinajstić information content (AvgIpc) is 3.00. The number of aromatic hydroxyl groups is 1. The van der Waals surface area contributed by atoms with Crippen LogP contribution < -0.4 is 4.90 Å². The highest BCUT2D eigenvalue weighted by molar-refractivity contribution is 6.24. The van der Waals surface area contributed by atoms with Crippen molar-refractivity contribution >= 4 is 28.3 Å². The molecule has 4 nitrogen and oxygen atoms in total. The van der Waals surface area contributed by atoms with Gasteiger partial charge in [-0.1, -0.05) is 67.3 Å². The van der Waals surface area contributed by atoms with E-state index in [1.165, 1.54) is 4.90 Å². The zero-order chi connectivity index (χ0) is 21.8. The lowest BCUT2D eigenvalue weighted by atomic mass is 9.59. The summed E-state index contributed by atoms with van der Waals surface area (Å²) < 4.78 is 0. The van der Waals surface area contributed by atoms with Gasteiger partial charge in [0.1, 0.15) is 5.75 Å². The van der Waals surface area contributed by atoms with Crippen LogP contribution in [0, 0.1) is 11.3 Å². The number of carbonyl (C=O) groups excluding carboxylic acids is 2. The van der Waals surface area contributed by atoms with E-state index in [4.69, 9.17) is 0 Å². The highest BCUT2D eigenvalue weighted by Gasteiger charge is 2.62. The van der Waals surface area contributed by atoms with Gasteiger partial charge in [-0.3, -0.25) is 9.59 Å². The molecule has 1 N–H and O–H groups in total. The van der Waals surface area contributed by atoms with Gasteiger partial charge in [0.2, 0.25) is 11.8 Å². The minimum absolute atomic E-state index is 0.161. The summed E-state index contributed by atoms with van der Waals surface area (Å²) in [5.74, 6) is -0.962. The van der Waals surface area contributed by atoms with Crippen LogP contribution >= 0.6 is 0 Å². The normalized spacial score (nSPS) is 25.5. The fourth-order valence-electron chi connectivity index (χ4n) is 5.37. The van der Waals surface area contributed by atoms with Crippen LogP contribution in [0.2, 0.25) is 0 Å². The van der Waals surface area contributed by atoms with Gasteiger partial charge in [-0.2, -0.15) is 0 Å². The Kier molecular flexibility index (Phi) is 4.33. The molecule has 2 aliphatic rings. The number of phenols is 1. The van der Waals surface area contributed by atoms with Crippen LogP contribution in [0.25, 0.3) is 10.8 Å². The Morgan fingerprint density at radius 3 is 2.39 bits per heavy atom. The molecule has 0 radical (unpaired) electrons. The molecule has 1 heterocycles. The fourth-order valence-corrected chi connectivity index (χ4v) is 5.37. The molecular formula is C27H23NO3. The maximum atomic E-state index is 13.9. The SMILES string of the molecule is C=CC1=CCC2C(=O)N(c3ccccc3)C(=O)C2(C)C1c1ccc(O)c2ccccc12. The van der Waals surface area contributed by atoms with Crippen LogP contribution in [0.3, 0.4) is 0 Å². The van der Waals surface area contributed by atoms with Crippen molar-refractivity contribution in [3.8, 4) is 5.75 Å². The minimum atomic E-state index is -0.953. The van der Waals surface area contributed by atoms with Crippen LogP contribution in [0.5, 0.6) is 5.75 Å². The Labute approximate surface area is 181 Å². The summed E-state index contributed by atoms with van der Waals surface area (Å²) >= 11 is 0. The Balaban J connectivity index is 1.74. The van der Waals surface area contributed by atoms with Gasteiger partial charge >= 0.3 is 0 Å². The maximum absolute atomic E-state index is 13.9. The fraction of sp³-hybridized carbons (Fsp3) is 0.185. The molecule has 0 aromatic heterocycles. The number of fused-ring (bicyclic) bond motifs is 2. The van der Waals surface area contributed by atoms with Crippen molar-refractivity contribution in [2.45, 2.75) is 19.3 Å². The topological polar surface area (TPSA) is 57.6 Å². The summed E-state index contributed by atoms with van der Waals surface area (Å²) in [4.78, 5) is 28.7. The molecule has 3 unspecified atom stereocenters. The Morgan fingerprint density at radius 2 is 1.68 bits per heavy atom. The lowest BCUT2D eigenvalue weighted by molar-refractivity contribution is -0.127. The number of rotatable bonds is 3. The molecule has 3 aromatic rings. The van der Waals surface area contributed by atoms with Gasteiger partial charge in [-0.25, -0.2) is 4.90 Å². The quantitative estimate of drug-likeness (QED) is 0.594. The molecule has 1 aliphatic heterocycles. The third-order valence-electron chi connectivity index (χ3n) is 6.92. The Hall–Kier alpha value is -3.66. The second-order valence-electron chi connectivity index (χ2n) is 8.45. The lowest BCUT2D eigenvalue weighted by Crippen LogP contribution is -2.41. The monoisotopic (exact) mass is 409 g/mol. The minimum Gasteiger partial charge on any atom is -0.507 e. The third kappa shape index (κ3) is 2.61. The summed E-state index contributed by atoms with van der Waals surface area (Å²) in [5, 5.41) is 12.0. The van der Waals surface area contributed by atoms with Gasteiger partial charge in [0.15, 0.2) is 0 Å². The van der Waals surface area contributed by atoms with Crippen LogP contribution in [-0.2, 0) is 9.59 Å². The first-order valence-corrected chi connectivity index (χ1v) is 10.4. The largest absolute Gasteiger partial charge is 0.507 e. The van der Waals surface area contributed by atoms with Gasteiger partial charge in [0.25, 0.3) is 0 Å². The molecule has 1 fully saturated rings. The first kappa shape index (κ1) is 19.3. The van der Waals surface area contributed by atoms with E-state index in [9.17, 15) is 14.7 Å².